The van der Waals surface area contributed by atoms with Gasteiger partial charge in [0.25, 0.3) is 0 Å². The van der Waals surface area contributed by atoms with Gasteiger partial charge in [-0.15, -0.1) is 0 Å². The van der Waals surface area contributed by atoms with Crippen LogP contribution in [-0.2, 0) is 30.3 Å². The summed E-state index contributed by atoms with van der Waals surface area (Å²) in [5.74, 6) is -1.24. The molecule has 9 nitrogen and oxygen atoms in total. The van der Waals surface area contributed by atoms with Gasteiger partial charge in [-0.2, -0.15) is 0 Å². The molecule has 0 aliphatic carbocycles. The van der Waals surface area contributed by atoms with Crippen molar-refractivity contribution in [1.82, 2.24) is 15.5 Å². The summed E-state index contributed by atoms with van der Waals surface area (Å²) in [6, 6.07) is 12.7. The van der Waals surface area contributed by atoms with E-state index in [0.29, 0.717) is 12.0 Å². The lowest BCUT2D eigenvalue weighted by Gasteiger charge is -2.39. The van der Waals surface area contributed by atoms with E-state index < -0.39 is 41.6 Å². The summed E-state index contributed by atoms with van der Waals surface area (Å²) in [7, 11) is 0. The summed E-state index contributed by atoms with van der Waals surface area (Å²) in [6.07, 6.45) is 0.0555. The van der Waals surface area contributed by atoms with Crippen LogP contribution in [0.5, 0.6) is 0 Å². The Kier molecular flexibility index (Phi) is 13.0. The molecule has 0 saturated heterocycles. The molecule has 0 spiro atoms. The summed E-state index contributed by atoms with van der Waals surface area (Å²) in [4.78, 5) is 55.0. The molecule has 2 aromatic rings. The average molecular weight is 582 g/mol. The van der Waals surface area contributed by atoms with E-state index in [2.05, 4.69) is 10.6 Å². The van der Waals surface area contributed by atoms with Crippen LogP contribution >= 0.6 is 0 Å². The van der Waals surface area contributed by atoms with Crippen molar-refractivity contribution >= 4 is 23.9 Å². The molecule has 0 fully saturated rings. The van der Waals surface area contributed by atoms with Gasteiger partial charge in [-0.1, -0.05) is 55.5 Å². The molecule has 0 aliphatic heterocycles. The van der Waals surface area contributed by atoms with E-state index in [0.717, 1.165) is 16.7 Å². The topological polar surface area (TPSA) is 114 Å². The number of alkyl carbamates (subject to hydrolysis) is 1. The summed E-state index contributed by atoms with van der Waals surface area (Å²) in [5.41, 5.74) is 2.48. The number of aryl methyl sites for hydroxylation is 2. The third-order valence-electron chi connectivity index (χ3n) is 6.87. The number of nitrogens with one attached hydrogen (secondary N) is 2. The average Bonchev–Trinajstić information content (AvgIpc) is 2.91. The van der Waals surface area contributed by atoms with Gasteiger partial charge in [0.1, 0.15) is 17.7 Å². The van der Waals surface area contributed by atoms with Gasteiger partial charge in [0, 0.05) is 19.0 Å². The van der Waals surface area contributed by atoms with Crippen molar-refractivity contribution in [2.75, 3.05) is 13.2 Å². The molecule has 0 bridgehead atoms. The van der Waals surface area contributed by atoms with Gasteiger partial charge in [-0.25, -0.2) is 4.79 Å². The Morgan fingerprint density at radius 1 is 0.929 bits per heavy atom. The second kappa shape index (κ2) is 15.9. The number of esters is 1. The van der Waals surface area contributed by atoms with Crippen LogP contribution in [0, 0.1) is 13.8 Å². The smallest absolute Gasteiger partial charge is 0.408 e. The molecule has 2 rings (SSSR count). The van der Waals surface area contributed by atoms with Gasteiger partial charge in [0.05, 0.1) is 13.0 Å². The van der Waals surface area contributed by atoms with Crippen LogP contribution < -0.4 is 10.6 Å². The number of benzene rings is 2. The lowest BCUT2D eigenvalue weighted by atomic mass is 9.92. The first kappa shape index (κ1) is 34.3. The predicted molar refractivity (Wildman–Crippen MR) is 163 cm³/mol. The van der Waals surface area contributed by atoms with Crippen LogP contribution in [0.25, 0.3) is 0 Å². The highest BCUT2D eigenvalue weighted by Gasteiger charge is 2.39. The number of rotatable bonds is 13. The maximum Gasteiger partial charge on any atom is 0.408 e. The Bertz CT molecular complexity index is 1190. The van der Waals surface area contributed by atoms with Crippen molar-refractivity contribution in [3.63, 3.8) is 0 Å². The fraction of sp³-hybridized carbons (Fsp3) is 0.515. The third-order valence-corrected chi connectivity index (χ3v) is 6.87. The third kappa shape index (κ3) is 10.2. The Morgan fingerprint density at radius 2 is 1.55 bits per heavy atom. The van der Waals surface area contributed by atoms with E-state index >= 15 is 0 Å². The Morgan fingerprint density at radius 3 is 2.10 bits per heavy atom. The zero-order valence-electron chi connectivity index (χ0n) is 26.3. The fourth-order valence-electron chi connectivity index (χ4n) is 4.75. The Balaban J connectivity index is 2.58. The first-order chi connectivity index (χ1) is 19.8. The van der Waals surface area contributed by atoms with Crippen LogP contribution in [0.15, 0.2) is 48.5 Å². The minimum absolute atomic E-state index is 0.00711. The van der Waals surface area contributed by atoms with Crippen LogP contribution in [0.3, 0.4) is 0 Å². The number of nitrogens with zero attached hydrogens (tertiary/aromatic N) is 1. The van der Waals surface area contributed by atoms with E-state index in [-0.39, 0.29) is 32.0 Å². The quantitative estimate of drug-likeness (QED) is 0.315. The highest BCUT2D eigenvalue weighted by molar-refractivity contribution is 5.93. The molecule has 2 aromatic carbocycles. The van der Waals surface area contributed by atoms with Gasteiger partial charge in [-0.05, 0) is 77.1 Å². The number of ether oxygens (including phenoxy) is 2. The first-order valence-corrected chi connectivity index (χ1v) is 14.6. The number of carbonyl (C=O) groups is 4. The van der Waals surface area contributed by atoms with Crippen molar-refractivity contribution in [1.29, 1.82) is 0 Å². The number of amides is 3. The van der Waals surface area contributed by atoms with Gasteiger partial charge < -0.3 is 25.0 Å². The van der Waals surface area contributed by atoms with Crippen molar-refractivity contribution in [3.8, 4) is 0 Å². The van der Waals surface area contributed by atoms with Crippen molar-refractivity contribution in [2.45, 2.75) is 98.4 Å². The van der Waals surface area contributed by atoms with Crippen molar-refractivity contribution in [3.05, 3.63) is 70.8 Å². The van der Waals surface area contributed by atoms with Crippen LogP contribution in [0.1, 0.15) is 82.7 Å². The second-order valence-corrected chi connectivity index (χ2v) is 11.4. The number of carbonyl (C=O) groups excluding carboxylic acids is 4. The van der Waals surface area contributed by atoms with E-state index in [9.17, 15) is 19.2 Å². The monoisotopic (exact) mass is 581 g/mol. The summed E-state index contributed by atoms with van der Waals surface area (Å²) < 4.78 is 10.5. The minimum Gasteiger partial charge on any atom is -0.466 e. The van der Waals surface area contributed by atoms with E-state index in [1.807, 2.05) is 76.2 Å². The van der Waals surface area contributed by atoms with E-state index in [1.54, 1.807) is 32.6 Å². The molecule has 0 aliphatic rings. The minimum atomic E-state index is -1.01. The molecule has 0 saturated carbocycles. The molecular weight excluding hydrogens is 534 g/mol. The molecule has 0 aromatic heterocycles. The Hall–Kier alpha value is -3.88. The van der Waals surface area contributed by atoms with E-state index in [4.69, 9.17) is 9.47 Å². The molecule has 42 heavy (non-hydrogen) atoms. The molecular formula is C33H47N3O6. The summed E-state index contributed by atoms with van der Waals surface area (Å²) in [5, 5.41) is 5.64. The zero-order chi connectivity index (χ0) is 31.4. The maximum atomic E-state index is 14.6. The molecule has 0 heterocycles. The maximum absolute atomic E-state index is 14.6. The molecule has 230 valence electrons. The van der Waals surface area contributed by atoms with Crippen LogP contribution in [0.2, 0.25) is 0 Å². The molecule has 9 heteroatoms. The number of hydrogen-bond acceptors (Lipinski definition) is 6. The number of hydrogen-bond donors (Lipinski definition) is 2. The summed E-state index contributed by atoms with van der Waals surface area (Å²) in [6.45, 7) is 14.9. The molecule has 0 radical (unpaired) electrons. The SMILES string of the molecule is CCOC(=O)CCNC(=O)C(c1c(C)cccc1C)N(C(=O)C(Cc1ccccc1)NC(=O)OC(C)(C)C)C(C)CC. The predicted octanol–water partition coefficient (Wildman–Crippen LogP) is 5.18. The molecule has 3 unspecified atom stereocenters. The first-order valence-electron chi connectivity index (χ1n) is 14.6. The van der Waals surface area contributed by atoms with Crippen molar-refractivity contribution in [2.24, 2.45) is 0 Å². The van der Waals surface area contributed by atoms with E-state index in [1.165, 1.54) is 0 Å². The lowest BCUT2D eigenvalue weighted by molar-refractivity contribution is -0.146. The lowest BCUT2D eigenvalue weighted by Crippen LogP contribution is -2.56. The second-order valence-electron chi connectivity index (χ2n) is 11.4. The molecule has 3 amide bonds. The molecule has 2 N–H and O–H groups in total. The zero-order valence-corrected chi connectivity index (χ0v) is 26.3. The van der Waals surface area contributed by atoms with Gasteiger partial charge in [-0.3, -0.25) is 14.4 Å². The highest BCUT2D eigenvalue weighted by Crippen LogP contribution is 2.31. The molecule has 3 atom stereocenters. The van der Waals surface area contributed by atoms with Crippen molar-refractivity contribution < 1.29 is 28.7 Å². The van der Waals surface area contributed by atoms with Gasteiger partial charge in [0.15, 0.2) is 0 Å². The van der Waals surface area contributed by atoms with Gasteiger partial charge in [0.2, 0.25) is 11.8 Å². The van der Waals surface area contributed by atoms with Crippen LogP contribution in [0.4, 0.5) is 4.79 Å². The van der Waals surface area contributed by atoms with Crippen LogP contribution in [-0.4, -0.2) is 59.6 Å². The fourth-order valence-corrected chi connectivity index (χ4v) is 4.75. The standard InChI is InChI=1S/C33H47N3O6/c1-9-24(5)36(31(39)26(21-25-17-12-11-13-18-25)35-32(40)42-33(6,7)8)29(28-22(3)15-14-16-23(28)4)30(38)34-20-19-27(37)41-10-2/h11-18,24,26,29H,9-10,19-21H2,1-8H3,(H,34,38)(H,35,40). The Labute approximate surface area is 250 Å². The largest absolute Gasteiger partial charge is 0.466 e. The highest BCUT2D eigenvalue weighted by atomic mass is 16.6. The van der Waals surface area contributed by atoms with Gasteiger partial charge >= 0.3 is 12.1 Å². The normalized spacial score (nSPS) is 13.3. The summed E-state index contributed by atoms with van der Waals surface area (Å²) >= 11 is 0.